The Bertz CT molecular complexity index is 1070. The lowest BCUT2D eigenvalue weighted by Crippen LogP contribution is -2.68. The summed E-state index contributed by atoms with van der Waals surface area (Å²) in [6, 6.07) is 15.8. The van der Waals surface area contributed by atoms with E-state index in [1.807, 2.05) is 6.92 Å². The van der Waals surface area contributed by atoms with Crippen LogP contribution in [0.25, 0.3) is 0 Å². The van der Waals surface area contributed by atoms with Gasteiger partial charge in [-0.25, -0.2) is 4.79 Å². The van der Waals surface area contributed by atoms with Crippen LogP contribution >= 0.6 is 0 Å². The molecule has 152 valence electrons. The molecule has 4 rings (SSSR count). The van der Waals surface area contributed by atoms with Crippen molar-refractivity contribution in [3.8, 4) is 6.07 Å². The Morgan fingerprint density at radius 1 is 1.17 bits per heavy atom. The number of rotatable bonds is 5. The third-order valence-corrected chi connectivity index (χ3v) is 5.64. The molecule has 0 aromatic heterocycles. The number of ether oxygens (including phenoxy) is 1. The summed E-state index contributed by atoms with van der Waals surface area (Å²) >= 11 is 0. The molecule has 0 spiro atoms. The Labute approximate surface area is 174 Å². The van der Waals surface area contributed by atoms with Crippen LogP contribution in [0.1, 0.15) is 47.7 Å². The Balaban J connectivity index is 1.75. The van der Waals surface area contributed by atoms with Crippen LogP contribution in [0.5, 0.6) is 0 Å². The lowest BCUT2D eigenvalue weighted by Gasteiger charge is -2.48. The molecule has 0 N–H and O–H groups in total. The van der Waals surface area contributed by atoms with Gasteiger partial charge in [-0.05, 0) is 24.6 Å². The molecule has 1 atom stereocenters. The van der Waals surface area contributed by atoms with Gasteiger partial charge in [0.1, 0.15) is 6.61 Å². The molecule has 2 aliphatic heterocycles. The van der Waals surface area contributed by atoms with Gasteiger partial charge in [-0.15, -0.1) is 0 Å². The summed E-state index contributed by atoms with van der Waals surface area (Å²) in [5.41, 5.74) is 0.328. The van der Waals surface area contributed by atoms with E-state index in [0.29, 0.717) is 35.3 Å². The molecule has 7 heteroatoms. The smallest absolute Gasteiger partial charge is 0.354 e. The van der Waals surface area contributed by atoms with Crippen molar-refractivity contribution < 1.29 is 19.1 Å². The van der Waals surface area contributed by atoms with Gasteiger partial charge in [0.2, 0.25) is 11.6 Å². The lowest BCUT2D eigenvalue weighted by molar-refractivity contribution is -0.158. The summed E-state index contributed by atoms with van der Waals surface area (Å²) in [6.45, 7) is 2.13. The molecule has 0 bridgehead atoms. The Kier molecular flexibility index (Phi) is 5.00. The minimum Gasteiger partial charge on any atom is -0.458 e. The minimum atomic E-state index is -1.50. The van der Waals surface area contributed by atoms with Crippen molar-refractivity contribution in [1.29, 1.82) is 5.26 Å². The molecule has 0 unspecified atom stereocenters. The van der Waals surface area contributed by atoms with E-state index in [4.69, 9.17) is 4.74 Å². The zero-order valence-electron chi connectivity index (χ0n) is 16.6. The van der Waals surface area contributed by atoms with Gasteiger partial charge in [-0.3, -0.25) is 14.5 Å². The summed E-state index contributed by atoms with van der Waals surface area (Å²) in [4.78, 5) is 42.5. The molecular weight excluding hydrogens is 382 g/mol. The summed E-state index contributed by atoms with van der Waals surface area (Å²) in [5, 5.41) is 9.28. The number of hydrogen-bond donors (Lipinski definition) is 0. The Morgan fingerprint density at radius 2 is 1.90 bits per heavy atom. The van der Waals surface area contributed by atoms with Gasteiger partial charge in [0.25, 0.3) is 5.91 Å². The fraction of sp³-hybridized carbons (Fsp3) is 0.304. The highest BCUT2D eigenvalue weighted by atomic mass is 16.5. The van der Waals surface area contributed by atoms with Gasteiger partial charge >= 0.3 is 5.97 Å². The van der Waals surface area contributed by atoms with E-state index >= 15 is 0 Å². The number of nitriles is 1. The predicted octanol–water partition coefficient (Wildman–Crippen LogP) is 2.99. The topological polar surface area (TPSA) is 90.7 Å². The van der Waals surface area contributed by atoms with E-state index in [1.165, 1.54) is 9.80 Å². The number of carbonyl (C=O) groups is 3. The van der Waals surface area contributed by atoms with Crippen molar-refractivity contribution in [2.45, 2.75) is 38.5 Å². The van der Waals surface area contributed by atoms with Crippen molar-refractivity contribution in [3.05, 3.63) is 65.2 Å². The van der Waals surface area contributed by atoms with E-state index in [-0.39, 0.29) is 31.3 Å². The number of anilines is 1. The third kappa shape index (κ3) is 2.84. The van der Waals surface area contributed by atoms with Crippen LogP contribution < -0.4 is 4.90 Å². The quantitative estimate of drug-likeness (QED) is 0.716. The highest BCUT2D eigenvalue weighted by Gasteiger charge is 2.61. The number of amides is 2. The molecule has 0 saturated carbocycles. The zero-order chi connectivity index (χ0) is 21.3. The van der Waals surface area contributed by atoms with Crippen molar-refractivity contribution in [1.82, 2.24) is 4.90 Å². The second-order valence-electron chi connectivity index (χ2n) is 7.36. The summed E-state index contributed by atoms with van der Waals surface area (Å²) in [5.74, 6) is -1.16. The average Bonchev–Trinajstić information content (AvgIpc) is 3.13. The van der Waals surface area contributed by atoms with E-state index in [1.54, 1.807) is 48.5 Å². The number of esters is 1. The maximum absolute atomic E-state index is 13.5. The van der Waals surface area contributed by atoms with E-state index < -0.39 is 11.6 Å². The summed E-state index contributed by atoms with van der Waals surface area (Å²) < 4.78 is 5.63. The highest BCUT2D eigenvalue weighted by molar-refractivity contribution is 6.15. The van der Waals surface area contributed by atoms with Gasteiger partial charge in [-0.1, -0.05) is 37.3 Å². The second-order valence-corrected chi connectivity index (χ2v) is 7.36. The maximum atomic E-state index is 13.5. The van der Waals surface area contributed by atoms with Crippen LogP contribution in [0.4, 0.5) is 5.69 Å². The molecule has 2 aliphatic rings. The van der Waals surface area contributed by atoms with Crippen molar-refractivity contribution in [3.63, 3.8) is 0 Å². The number of para-hydroxylation sites is 1. The van der Waals surface area contributed by atoms with Crippen molar-refractivity contribution in [2.24, 2.45) is 0 Å². The van der Waals surface area contributed by atoms with Crippen LogP contribution in [0.15, 0.2) is 48.5 Å². The number of nitrogens with zero attached hydrogens (tertiary/aromatic N) is 3. The lowest BCUT2D eigenvalue weighted by atomic mass is 9.96. The van der Waals surface area contributed by atoms with E-state index in [0.717, 1.165) is 0 Å². The molecule has 2 amide bonds. The van der Waals surface area contributed by atoms with Crippen molar-refractivity contribution in [2.75, 3.05) is 11.4 Å². The number of carbonyl (C=O) groups excluding carboxylic acids is 3. The fourth-order valence-electron chi connectivity index (χ4n) is 4.29. The first-order valence-electron chi connectivity index (χ1n) is 9.94. The molecule has 7 nitrogen and oxygen atoms in total. The molecule has 2 aromatic rings. The third-order valence-electron chi connectivity index (χ3n) is 5.64. The number of benzene rings is 2. The summed E-state index contributed by atoms with van der Waals surface area (Å²) in [7, 11) is 0. The molecule has 0 radical (unpaired) electrons. The molecular formula is C23H21N3O4. The molecule has 30 heavy (non-hydrogen) atoms. The van der Waals surface area contributed by atoms with Crippen LogP contribution in [0.3, 0.4) is 0 Å². The Hall–Kier alpha value is -3.66. The average molecular weight is 403 g/mol. The van der Waals surface area contributed by atoms with Gasteiger partial charge in [0, 0.05) is 24.9 Å². The highest BCUT2D eigenvalue weighted by Crippen LogP contribution is 2.45. The van der Waals surface area contributed by atoms with Crippen molar-refractivity contribution >= 4 is 23.5 Å². The van der Waals surface area contributed by atoms with Crippen LogP contribution in [0.2, 0.25) is 0 Å². The first kappa shape index (κ1) is 19.6. The number of hydrogen-bond acceptors (Lipinski definition) is 5. The van der Waals surface area contributed by atoms with Gasteiger partial charge in [0.05, 0.1) is 22.9 Å². The largest absolute Gasteiger partial charge is 0.458 e. The van der Waals surface area contributed by atoms with E-state index in [9.17, 15) is 19.6 Å². The van der Waals surface area contributed by atoms with Crippen LogP contribution in [-0.4, -0.2) is 34.9 Å². The van der Waals surface area contributed by atoms with Gasteiger partial charge < -0.3 is 9.64 Å². The number of fused-ring (bicyclic) bond motifs is 3. The molecule has 2 aromatic carbocycles. The van der Waals surface area contributed by atoms with Crippen LogP contribution in [0, 0.1) is 11.3 Å². The molecule has 2 heterocycles. The summed E-state index contributed by atoms with van der Waals surface area (Å²) in [6.07, 6.45) is 0.943. The first-order valence-corrected chi connectivity index (χ1v) is 9.94. The SMILES string of the molecule is CCCN1C(=O)c2ccccc2N2C(=O)CC[C@@]12C(=O)OCc1ccccc1C#N. The maximum Gasteiger partial charge on any atom is 0.354 e. The normalized spacial score (nSPS) is 19.9. The zero-order valence-corrected chi connectivity index (χ0v) is 16.6. The second kappa shape index (κ2) is 7.64. The fourth-order valence-corrected chi connectivity index (χ4v) is 4.29. The molecule has 0 aliphatic carbocycles. The standard InChI is InChI=1S/C23H21N3O4/c1-2-13-25-21(28)18-9-5-6-10-19(18)26-20(27)11-12-23(25,26)22(29)30-15-17-8-4-3-7-16(17)14-24/h3-10H,2,11-13,15H2,1H3/t23-/m1/s1. The predicted molar refractivity (Wildman–Crippen MR) is 108 cm³/mol. The van der Waals surface area contributed by atoms with Crippen LogP contribution in [-0.2, 0) is 20.9 Å². The Morgan fingerprint density at radius 3 is 2.67 bits per heavy atom. The monoisotopic (exact) mass is 403 g/mol. The van der Waals surface area contributed by atoms with Gasteiger partial charge in [-0.2, -0.15) is 5.26 Å². The van der Waals surface area contributed by atoms with E-state index in [2.05, 4.69) is 6.07 Å². The minimum absolute atomic E-state index is 0.109. The molecule has 1 saturated heterocycles. The first-order chi connectivity index (χ1) is 14.5. The van der Waals surface area contributed by atoms with Gasteiger partial charge in [0.15, 0.2) is 0 Å². The molecule has 1 fully saturated rings.